The Hall–Kier alpha value is -0.940. The van der Waals surface area contributed by atoms with E-state index in [-0.39, 0.29) is 0 Å². The van der Waals surface area contributed by atoms with Crippen molar-refractivity contribution in [1.82, 2.24) is 9.97 Å². The lowest BCUT2D eigenvalue weighted by atomic mass is 10.1. The Bertz CT molecular complexity index is 527. The number of aryl methyl sites for hydroxylation is 1. The van der Waals surface area contributed by atoms with Gasteiger partial charge in [-0.25, -0.2) is 9.97 Å². The van der Waals surface area contributed by atoms with Crippen molar-refractivity contribution >= 4 is 27.8 Å². The van der Waals surface area contributed by atoms with Gasteiger partial charge < -0.3 is 5.32 Å². The van der Waals surface area contributed by atoms with Gasteiger partial charge in [-0.15, -0.1) is 22.7 Å². The number of anilines is 1. The quantitative estimate of drug-likeness (QED) is 0.822. The van der Waals surface area contributed by atoms with Gasteiger partial charge in [0.15, 0.2) is 5.13 Å². The monoisotopic (exact) mass is 295 g/mol. The molecule has 2 aromatic rings. The van der Waals surface area contributed by atoms with E-state index < -0.39 is 0 Å². The number of nitrogens with zero attached hydrogens (tertiary/aromatic N) is 2. The largest absolute Gasteiger partial charge is 0.362 e. The third kappa shape index (κ3) is 3.15. The number of thiazole rings is 2. The van der Waals surface area contributed by atoms with E-state index in [1.807, 2.05) is 0 Å². The second-order valence-corrected chi connectivity index (χ2v) is 6.44. The van der Waals surface area contributed by atoms with Gasteiger partial charge in [-0.3, -0.25) is 0 Å². The summed E-state index contributed by atoms with van der Waals surface area (Å²) in [7, 11) is 0. The van der Waals surface area contributed by atoms with Crippen LogP contribution in [0.15, 0.2) is 5.38 Å². The zero-order valence-corrected chi connectivity index (χ0v) is 13.6. The smallest absolute Gasteiger partial charge is 0.183 e. The molecule has 1 N–H and O–H groups in total. The van der Waals surface area contributed by atoms with Gasteiger partial charge in [-0.2, -0.15) is 0 Å². The van der Waals surface area contributed by atoms with Gasteiger partial charge in [-0.1, -0.05) is 13.8 Å². The molecule has 3 nitrogen and oxygen atoms in total. The Labute approximate surface area is 123 Å². The number of rotatable bonds is 6. The van der Waals surface area contributed by atoms with Crippen LogP contribution in [-0.4, -0.2) is 16.5 Å². The highest BCUT2D eigenvalue weighted by Gasteiger charge is 2.17. The maximum atomic E-state index is 4.75. The van der Waals surface area contributed by atoms with E-state index in [1.165, 1.54) is 9.88 Å². The molecule has 0 aliphatic carbocycles. The second-order valence-electron chi connectivity index (χ2n) is 4.55. The predicted octanol–water partition coefficient (Wildman–Crippen LogP) is 4.91. The summed E-state index contributed by atoms with van der Waals surface area (Å²) >= 11 is 3.47. The normalized spacial score (nSPS) is 11.2. The van der Waals surface area contributed by atoms with E-state index in [2.05, 4.69) is 43.4 Å². The Morgan fingerprint density at radius 2 is 1.95 bits per heavy atom. The molecule has 0 fully saturated rings. The molecule has 0 unspecified atom stereocenters. The number of hydrogen-bond donors (Lipinski definition) is 1. The van der Waals surface area contributed by atoms with Crippen molar-refractivity contribution in [2.24, 2.45) is 0 Å². The summed E-state index contributed by atoms with van der Waals surface area (Å²) < 4.78 is 0. The summed E-state index contributed by atoms with van der Waals surface area (Å²) in [6, 6.07) is 0. The molecule has 0 bridgehead atoms. The molecule has 0 atom stereocenters. The number of aromatic nitrogens is 2. The van der Waals surface area contributed by atoms with Crippen molar-refractivity contribution in [2.75, 3.05) is 11.9 Å². The molecule has 2 rings (SSSR count). The molecule has 104 valence electrons. The van der Waals surface area contributed by atoms with Crippen LogP contribution < -0.4 is 5.32 Å². The molecule has 0 radical (unpaired) electrons. The van der Waals surface area contributed by atoms with E-state index in [4.69, 9.17) is 4.98 Å². The Morgan fingerprint density at radius 3 is 2.58 bits per heavy atom. The van der Waals surface area contributed by atoms with Crippen molar-refractivity contribution in [3.05, 3.63) is 16.1 Å². The van der Waals surface area contributed by atoms with E-state index in [1.54, 1.807) is 22.7 Å². The van der Waals surface area contributed by atoms with Crippen LogP contribution in [-0.2, 0) is 0 Å². The number of nitrogens with one attached hydrogen (secondary N) is 1. The minimum Gasteiger partial charge on any atom is -0.362 e. The summed E-state index contributed by atoms with van der Waals surface area (Å²) in [5, 5.41) is 7.64. The van der Waals surface area contributed by atoms with Gasteiger partial charge in [0, 0.05) is 17.8 Å². The molecular weight excluding hydrogens is 274 g/mol. The van der Waals surface area contributed by atoms with E-state index in [0.29, 0.717) is 5.92 Å². The zero-order valence-electron chi connectivity index (χ0n) is 12.0. The van der Waals surface area contributed by atoms with Crippen LogP contribution in [0.2, 0.25) is 0 Å². The molecule has 2 heterocycles. The molecule has 0 saturated carbocycles. The van der Waals surface area contributed by atoms with Crippen molar-refractivity contribution in [2.45, 2.75) is 46.5 Å². The molecule has 0 aliphatic rings. The predicted molar refractivity (Wildman–Crippen MR) is 85.4 cm³/mol. The summed E-state index contributed by atoms with van der Waals surface area (Å²) in [5.74, 6) is 0.587. The highest BCUT2D eigenvalue weighted by Crippen LogP contribution is 2.36. The van der Waals surface area contributed by atoms with Gasteiger partial charge >= 0.3 is 0 Å². The summed E-state index contributed by atoms with van der Waals surface area (Å²) in [5.41, 5.74) is 2.17. The molecule has 0 saturated heterocycles. The molecule has 0 amide bonds. The first kappa shape index (κ1) is 14.5. The lowest BCUT2D eigenvalue weighted by Gasteiger charge is -2.06. The van der Waals surface area contributed by atoms with E-state index >= 15 is 0 Å². The maximum Gasteiger partial charge on any atom is 0.183 e. The maximum absolute atomic E-state index is 4.75. The van der Waals surface area contributed by atoms with Gasteiger partial charge in [0.2, 0.25) is 0 Å². The van der Waals surface area contributed by atoms with Crippen LogP contribution in [0.5, 0.6) is 0 Å². The molecule has 2 aromatic heterocycles. The summed E-state index contributed by atoms with van der Waals surface area (Å²) in [6.07, 6.45) is 2.31. The molecule has 0 spiro atoms. The molecule has 19 heavy (non-hydrogen) atoms. The first-order valence-electron chi connectivity index (χ1n) is 6.86. The van der Waals surface area contributed by atoms with Gasteiger partial charge in [0.25, 0.3) is 0 Å². The SMILES string of the molecule is CCNc1nc(-c2sc(C(CC)CC)nc2C)cs1. The second kappa shape index (κ2) is 6.48. The van der Waals surface area contributed by atoms with E-state index in [9.17, 15) is 0 Å². The Morgan fingerprint density at radius 1 is 1.21 bits per heavy atom. The van der Waals surface area contributed by atoms with Crippen LogP contribution in [0.1, 0.15) is 50.2 Å². The van der Waals surface area contributed by atoms with Crippen LogP contribution in [0.4, 0.5) is 5.13 Å². The fraction of sp³-hybridized carbons (Fsp3) is 0.571. The fourth-order valence-corrected chi connectivity index (χ4v) is 4.22. The van der Waals surface area contributed by atoms with Gasteiger partial charge in [0.05, 0.1) is 21.3 Å². The lowest BCUT2D eigenvalue weighted by molar-refractivity contribution is 0.636. The highest BCUT2D eigenvalue weighted by molar-refractivity contribution is 7.17. The van der Waals surface area contributed by atoms with Crippen molar-refractivity contribution in [3.8, 4) is 10.6 Å². The molecular formula is C14H21N3S2. The van der Waals surface area contributed by atoms with Crippen LogP contribution in [0.25, 0.3) is 10.6 Å². The minimum atomic E-state index is 0.587. The first-order valence-corrected chi connectivity index (χ1v) is 8.56. The molecule has 0 aliphatic heterocycles. The Balaban J connectivity index is 2.28. The third-order valence-electron chi connectivity index (χ3n) is 3.21. The first-order chi connectivity index (χ1) is 9.19. The fourth-order valence-electron chi connectivity index (χ4n) is 2.08. The summed E-state index contributed by atoms with van der Waals surface area (Å²) in [6.45, 7) is 9.55. The zero-order chi connectivity index (χ0) is 13.8. The highest BCUT2D eigenvalue weighted by atomic mass is 32.1. The van der Waals surface area contributed by atoms with Crippen molar-refractivity contribution < 1.29 is 0 Å². The van der Waals surface area contributed by atoms with Crippen molar-refractivity contribution in [3.63, 3.8) is 0 Å². The van der Waals surface area contributed by atoms with Crippen molar-refractivity contribution in [1.29, 1.82) is 0 Å². The van der Waals surface area contributed by atoms with Gasteiger partial charge in [-0.05, 0) is 26.7 Å². The molecule has 5 heteroatoms. The lowest BCUT2D eigenvalue weighted by Crippen LogP contribution is -1.94. The van der Waals surface area contributed by atoms with Crippen LogP contribution >= 0.6 is 22.7 Å². The third-order valence-corrected chi connectivity index (χ3v) is 5.36. The van der Waals surface area contributed by atoms with Crippen LogP contribution in [0.3, 0.4) is 0 Å². The van der Waals surface area contributed by atoms with E-state index in [0.717, 1.165) is 35.9 Å². The average Bonchev–Trinajstić information content (AvgIpc) is 2.98. The average molecular weight is 295 g/mol. The topological polar surface area (TPSA) is 37.8 Å². The molecule has 0 aromatic carbocycles. The Kier molecular flexibility index (Phi) is 4.93. The van der Waals surface area contributed by atoms with Gasteiger partial charge in [0.1, 0.15) is 0 Å². The minimum absolute atomic E-state index is 0.587. The summed E-state index contributed by atoms with van der Waals surface area (Å²) in [4.78, 5) is 10.6. The standard InChI is InChI=1S/C14H21N3S2/c1-5-10(6-2)13-16-9(4)12(19-13)11-8-18-14(17-11)15-7-3/h8,10H,5-7H2,1-4H3,(H,15,17). The number of hydrogen-bond acceptors (Lipinski definition) is 5. The van der Waals surface area contributed by atoms with Crippen LogP contribution in [0, 0.1) is 6.92 Å².